The Balaban J connectivity index is 2.33. The minimum Gasteiger partial charge on any atom is -0.457 e. The van der Waals surface area contributed by atoms with Crippen molar-refractivity contribution in [3.05, 3.63) is 33.3 Å². The van der Waals surface area contributed by atoms with E-state index in [1.54, 1.807) is 32.1 Å². The van der Waals surface area contributed by atoms with E-state index in [-0.39, 0.29) is 18.1 Å². The SMILES string of the molecule is CCc1nc(/C=C(\C)[C@@H]2C/C=C(/C)CCC[C@H](C)[C@H](O)[C@@H](C)C(=O)C(C)(C)[C@@H](O)CC(=O)O2)cs1. The van der Waals surface area contributed by atoms with Crippen molar-refractivity contribution in [2.45, 2.75) is 105 Å². The number of thiazole rings is 1. The Hall–Kier alpha value is -1.83. The molecule has 6 nitrogen and oxygen atoms in total. The van der Waals surface area contributed by atoms with Gasteiger partial charge in [-0.2, -0.15) is 0 Å². The first-order valence-electron chi connectivity index (χ1n) is 12.7. The summed E-state index contributed by atoms with van der Waals surface area (Å²) in [7, 11) is 0. The molecule has 0 saturated heterocycles. The lowest BCUT2D eigenvalue weighted by Crippen LogP contribution is -2.45. The summed E-state index contributed by atoms with van der Waals surface area (Å²) in [6.45, 7) is 13.0. The zero-order valence-electron chi connectivity index (χ0n) is 22.3. The van der Waals surface area contributed by atoms with Crippen LogP contribution in [0.1, 0.15) is 91.3 Å². The molecule has 7 heteroatoms. The Kier molecular flexibility index (Phi) is 10.9. The molecule has 0 radical (unpaired) electrons. The second-order valence-corrected chi connectivity index (χ2v) is 11.6. The summed E-state index contributed by atoms with van der Waals surface area (Å²) >= 11 is 1.61. The Morgan fingerprint density at radius 2 is 1.97 bits per heavy atom. The molecular weight excluding hydrogens is 462 g/mol. The summed E-state index contributed by atoms with van der Waals surface area (Å²) in [6, 6.07) is 0. The number of carbonyl (C=O) groups is 2. The third-order valence-corrected chi connectivity index (χ3v) is 8.29. The number of aromatic nitrogens is 1. The third kappa shape index (κ3) is 8.09. The maximum absolute atomic E-state index is 13.2. The number of ether oxygens (including phenoxy) is 1. The molecular formula is C28H43NO5S. The summed E-state index contributed by atoms with van der Waals surface area (Å²) in [5.41, 5.74) is 1.73. The van der Waals surface area contributed by atoms with Crippen LogP contribution >= 0.6 is 11.3 Å². The van der Waals surface area contributed by atoms with E-state index in [4.69, 9.17) is 4.74 Å². The molecule has 2 rings (SSSR count). The molecule has 1 aromatic heterocycles. The van der Waals surface area contributed by atoms with Gasteiger partial charge in [0.25, 0.3) is 0 Å². The van der Waals surface area contributed by atoms with E-state index in [1.807, 2.05) is 25.3 Å². The number of aryl methyl sites for hydroxylation is 1. The van der Waals surface area contributed by atoms with Crippen LogP contribution in [0.4, 0.5) is 0 Å². The summed E-state index contributed by atoms with van der Waals surface area (Å²) < 4.78 is 5.83. The van der Waals surface area contributed by atoms with E-state index in [0.29, 0.717) is 6.42 Å². The number of cyclic esters (lactones) is 1. The number of Topliss-reactive ketones (excluding diaryl/α,β-unsaturated/α-hetero) is 1. The van der Waals surface area contributed by atoms with Crippen LogP contribution in [-0.2, 0) is 20.7 Å². The largest absolute Gasteiger partial charge is 0.457 e. The monoisotopic (exact) mass is 505 g/mol. The molecule has 0 spiro atoms. The van der Waals surface area contributed by atoms with Crippen LogP contribution in [-0.4, -0.2) is 45.3 Å². The fourth-order valence-corrected chi connectivity index (χ4v) is 5.21. The lowest BCUT2D eigenvalue weighted by molar-refractivity contribution is -0.154. The average Bonchev–Trinajstić information content (AvgIpc) is 3.26. The van der Waals surface area contributed by atoms with Crippen LogP contribution in [0.25, 0.3) is 6.08 Å². The van der Waals surface area contributed by atoms with Crippen molar-refractivity contribution >= 4 is 29.2 Å². The Labute approximate surface area is 214 Å². The summed E-state index contributed by atoms with van der Waals surface area (Å²) in [6.07, 6.45) is 5.23. The van der Waals surface area contributed by atoms with Gasteiger partial charge in [-0.15, -0.1) is 11.3 Å². The molecule has 2 N–H and O–H groups in total. The van der Waals surface area contributed by atoms with E-state index >= 15 is 0 Å². The van der Waals surface area contributed by atoms with Gasteiger partial charge < -0.3 is 14.9 Å². The molecule has 0 amide bonds. The molecule has 5 atom stereocenters. The van der Waals surface area contributed by atoms with Gasteiger partial charge in [-0.3, -0.25) is 9.59 Å². The fourth-order valence-electron chi connectivity index (χ4n) is 4.51. The predicted octanol–water partition coefficient (Wildman–Crippen LogP) is 5.52. The van der Waals surface area contributed by atoms with Gasteiger partial charge in [0.2, 0.25) is 0 Å². The molecule has 35 heavy (non-hydrogen) atoms. The van der Waals surface area contributed by atoms with Crippen molar-refractivity contribution in [2.24, 2.45) is 17.3 Å². The Bertz CT molecular complexity index is 932. The van der Waals surface area contributed by atoms with E-state index in [1.165, 1.54) is 5.57 Å². The second kappa shape index (κ2) is 12.9. The van der Waals surface area contributed by atoms with E-state index in [9.17, 15) is 19.8 Å². The fraction of sp³-hybridized carbons (Fsp3) is 0.679. The van der Waals surface area contributed by atoms with Gasteiger partial charge in [-0.05, 0) is 57.1 Å². The molecule has 0 fully saturated rings. The summed E-state index contributed by atoms with van der Waals surface area (Å²) in [4.78, 5) is 30.7. The number of hydrogen-bond donors (Lipinski definition) is 2. The highest BCUT2D eigenvalue weighted by Crippen LogP contribution is 2.32. The highest BCUT2D eigenvalue weighted by atomic mass is 32.1. The molecule has 0 aliphatic carbocycles. The highest BCUT2D eigenvalue weighted by molar-refractivity contribution is 7.09. The van der Waals surface area contributed by atoms with Gasteiger partial charge in [0.15, 0.2) is 0 Å². The number of aliphatic hydroxyl groups is 2. The number of esters is 1. The van der Waals surface area contributed by atoms with Crippen molar-refractivity contribution in [2.75, 3.05) is 0 Å². The van der Waals surface area contributed by atoms with Crippen LogP contribution < -0.4 is 0 Å². The second-order valence-electron chi connectivity index (χ2n) is 10.6. The number of hydrogen-bond acceptors (Lipinski definition) is 7. The molecule has 196 valence electrons. The van der Waals surface area contributed by atoms with Gasteiger partial charge in [0, 0.05) is 17.7 Å². The summed E-state index contributed by atoms with van der Waals surface area (Å²) in [5.74, 6) is -1.48. The average molecular weight is 506 g/mol. The van der Waals surface area contributed by atoms with Crippen LogP contribution in [0.5, 0.6) is 0 Å². The molecule has 1 aliphatic rings. The maximum Gasteiger partial charge on any atom is 0.309 e. The maximum atomic E-state index is 13.2. The predicted molar refractivity (Wildman–Crippen MR) is 141 cm³/mol. The minimum atomic E-state index is -1.21. The van der Waals surface area contributed by atoms with Crippen molar-refractivity contribution in [1.29, 1.82) is 0 Å². The number of rotatable bonds is 3. The van der Waals surface area contributed by atoms with Gasteiger partial charge in [0.05, 0.1) is 34.7 Å². The van der Waals surface area contributed by atoms with Gasteiger partial charge in [-0.1, -0.05) is 46.3 Å². The van der Waals surface area contributed by atoms with Gasteiger partial charge >= 0.3 is 5.97 Å². The Morgan fingerprint density at radius 1 is 1.29 bits per heavy atom. The molecule has 1 aliphatic heterocycles. The first-order chi connectivity index (χ1) is 16.4. The van der Waals surface area contributed by atoms with Crippen LogP contribution in [0.15, 0.2) is 22.6 Å². The number of nitrogens with zero attached hydrogens (tertiary/aromatic N) is 1. The number of carbonyl (C=O) groups excluding carboxylic acids is 2. The quantitative estimate of drug-likeness (QED) is 0.415. The molecule has 0 aromatic carbocycles. The highest BCUT2D eigenvalue weighted by Gasteiger charge is 2.42. The smallest absolute Gasteiger partial charge is 0.309 e. The van der Waals surface area contributed by atoms with Crippen molar-refractivity contribution in [3.63, 3.8) is 0 Å². The Morgan fingerprint density at radius 3 is 2.60 bits per heavy atom. The van der Waals surface area contributed by atoms with Gasteiger partial charge in [-0.25, -0.2) is 4.98 Å². The first kappa shape index (κ1) is 29.4. The third-order valence-electron chi connectivity index (χ3n) is 7.28. The topological polar surface area (TPSA) is 96.7 Å². The zero-order valence-corrected chi connectivity index (χ0v) is 23.2. The van der Waals surface area contributed by atoms with E-state index in [2.05, 4.69) is 24.9 Å². The van der Waals surface area contributed by atoms with Crippen molar-refractivity contribution in [1.82, 2.24) is 4.98 Å². The van der Waals surface area contributed by atoms with Crippen LogP contribution in [0.3, 0.4) is 0 Å². The standard InChI is InChI=1S/C28H43NO5S/c1-8-24-29-21(16-35-24)14-19(4)22-13-12-17(2)10-9-11-18(3)26(32)20(5)27(33)28(6,7)23(30)15-25(31)34-22/h12,14,16,18,20,22-23,26,30,32H,8-11,13,15H2,1-7H3/b17-12-,19-14+/t18-,20+,22-,23-,26-/m0/s1. The first-order valence-corrected chi connectivity index (χ1v) is 13.6. The molecule has 0 bridgehead atoms. The van der Waals surface area contributed by atoms with Crippen LogP contribution in [0, 0.1) is 17.3 Å². The number of ketones is 1. The molecule has 0 unspecified atom stereocenters. The van der Waals surface area contributed by atoms with Gasteiger partial charge in [0.1, 0.15) is 11.9 Å². The summed E-state index contributed by atoms with van der Waals surface area (Å²) in [5, 5.41) is 24.7. The van der Waals surface area contributed by atoms with Crippen LogP contribution in [0.2, 0.25) is 0 Å². The number of allylic oxidation sites excluding steroid dienone is 1. The minimum absolute atomic E-state index is 0.0448. The zero-order chi connectivity index (χ0) is 26.3. The molecule has 1 aromatic rings. The number of aliphatic hydroxyl groups excluding tert-OH is 2. The molecule has 0 saturated carbocycles. The lowest BCUT2D eigenvalue weighted by Gasteiger charge is -2.34. The van der Waals surface area contributed by atoms with Crippen molar-refractivity contribution in [3.8, 4) is 0 Å². The lowest BCUT2D eigenvalue weighted by atomic mass is 9.73. The van der Waals surface area contributed by atoms with Crippen molar-refractivity contribution < 1.29 is 24.5 Å². The molecule has 2 heterocycles. The normalized spacial score (nSPS) is 31.5. The van der Waals surface area contributed by atoms with E-state index in [0.717, 1.165) is 42.0 Å². The van der Waals surface area contributed by atoms with E-state index < -0.39 is 35.6 Å².